The molecular formula is C33H25N3. The van der Waals surface area contributed by atoms with Gasteiger partial charge in [-0.1, -0.05) is 97.1 Å². The third-order valence-corrected chi connectivity index (χ3v) is 6.85. The lowest BCUT2D eigenvalue weighted by Crippen LogP contribution is -2.25. The fraction of sp³-hybridized carbons (Fsp3) is 0.0606. The monoisotopic (exact) mass is 463 g/mol. The summed E-state index contributed by atoms with van der Waals surface area (Å²) in [5, 5.41) is 9.57. The van der Waals surface area contributed by atoms with Crippen molar-refractivity contribution in [1.29, 1.82) is 5.26 Å². The van der Waals surface area contributed by atoms with Crippen molar-refractivity contribution in [3.05, 3.63) is 132 Å². The van der Waals surface area contributed by atoms with E-state index in [0.717, 1.165) is 22.6 Å². The summed E-state index contributed by atoms with van der Waals surface area (Å²) in [6, 6.07) is 44.5. The predicted molar refractivity (Wildman–Crippen MR) is 149 cm³/mol. The Labute approximate surface area is 212 Å². The van der Waals surface area contributed by atoms with Crippen molar-refractivity contribution in [3.8, 4) is 28.3 Å². The van der Waals surface area contributed by atoms with Gasteiger partial charge in [0.25, 0.3) is 0 Å². The summed E-state index contributed by atoms with van der Waals surface area (Å²) in [5.41, 5.74) is 11.1. The van der Waals surface area contributed by atoms with Gasteiger partial charge >= 0.3 is 0 Å². The first-order valence-electron chi connectivity index (χ1n) is 12.1. The zero-order chi connectivity index (χ0) is 24.5. The molecule has 0 fully saturated rings. The van der Waals surface area contributed by atoms with E-state index >= 15 is 0 Å². The van der Waals surface area contributed by atoms with Gasteiger partial charge < -0.3 is 9.80 Å². The van der Waals surface area contributed by atoms with E-state index in [0.29, 0.717) is 12.2 Å². The van der Waals surface area contributed by atoms with Crippen molar-refractivity contribution in [3.63, 3.8) is 0 Å². The van der Waals surface area contributed by atoms with Crippen molar-refractivity contribution in [2.75, 3.05) is 16.5 Å². The van der Waals surface area contributed by atoms with E-state index in [-0.39, 0.29) is 0 Å². The maximum Gasteiger partial charge on any atom is 0.100 e. The van der Waals surface area contributed by atoms with Gasteiger partial charge in [0.15, 0.2) is 0 Å². The van der Waals surface area contributed by atoms with Crippen LogP contribution in [0, 0.1) is 18.3 Å². The maximum absolute atomic E-state index is 9.57. The van der Waals surface area contributed by atoms with Gasteiger partial charge in [0.2, 0.25) is 0 Å². The number of para-hydroxylation sites is 3. The Morgan fingerprint density at radius 1 is 0.583 bits per heavy atom. The van der Waals surface area contributed by atoms with Crippen LogP contribution in [-0.2, 0) is 0 Å². The molecule has 0 radical (unpaired) electrons. The second-order valence-corrected chi connectivity index (χ2v) is 9.03. The van der Waals surface area contributed by atoms with E-state index < -0.39 is 0 Å². The number of rotatable bonds is 4. The SMILES string of the molecule is Cc1ccc(C#N)cc1N1CN(c2c(-c3ccccc3)cccc2-c2ccccc2)c2ccccc21. The molecule has 0 amide bonds. The molecule has 172 valence electrons. The second-order valence-electron chi connectivity index (χ2n) is 9.03. The van der Waals surface area contributed by atoms with Crippen molar-refractivity contribution < 1.29 is 0 Å². The van der Waals surface area contributed by atoms with Crippen molar-refractivity contribution >= 4 is 22.7 Å². The van der Waals surface area contributed by atoms with E-state index in [1.807, 2.05) is 18.2 Å². The lowest BCUT2D eigenvalue weighted by Gasteiger charge is -2.27. The minimum absolute atomic E-state index is 0.652. The summed E-state index contributed by atoms with van der Waals surface area (Å²) in [5.74, 6) is 0. The highest BCUT2D eigenvalue weighted by molar-refractivity contribution is 5.98. The first-order chi connectivity index (χ1) is 17.7. The van der Waals surface area contributed by atoms with Crippen LogP contribution in [0.2, 0.25) is 0 Å². The van der Waals surface area contributed by atoms with Gasteiger partial charge in [-0.2, -0.15) is 5.26 Å². The Balaban J connectivity index is 1.59. The number of hydrogen-bond donors (Lipinski definition) is 0. The van der Waals surface area contributed by atoms with Gasteiger partial charge in [-0.25, -0.2) is 0 Å². The van der Waals surface area contributed by atoms with Crippen LogP contribution in [0.5, 0.6) is 0 Å². The molecule has 1 aliphatic rings. The van der Waals surface area contributed by atoms with Crippen LogP contribution in [0.3, 0.4) is 0 Å². The molecule has 1 aliphatic heterocycles. The fourth-order valence-corrected chi connectivity index (χ4v) is 5.12. The van der Waals surface area contributed by atoms with Crippen molar-refractivity contribution in [2.45, 2.75) is 6.92 Å². The van der Waals surface area contributed by atoms with Crippen LogP contribution < -0.4 is 9.80 Å². The Morgan fingerprint density at radius 3 is 1.72 bits per heavy atom. The van der Waals surface area contributed by atoms with E-state index in [1.54, 1.807) is 0 Å². The number of fused-ring (bicyclic) bond motifs is 1. The Kier molecular flexibility index (Phi) is 5.48. The number of anilines is 4. The average molecular weight is 464 g/mol. The molecule has 0 saturated heterocycles. The zero-order valence-corrected chi connectivity index (χ0v) is 20.1. The summed E-state index contributed by atoms with van der Waals surface area (Å²) in [6.07, 6.45) is 0. The molecule has 0 atom stereocenters. The highest BCUT2D eigenvalue weighted by atomic mass is 15.4. The minimum atomic E-state index is 0.652. The first-order valence-corrected chi connectivity index (χ1v) is 12.1. The van der Waals surface area contributed by atoms with Crippen LogP contribution in [-0.4, -0.2) is 6.67 Å². The molecule has 1 heterocycles. The molecule has 0 spiro atoms. The lowest BCUT2D eigenvalue weighted by molar-refractivity contribution is 0.987. The van der Waals surface area contributed by atoms with Gasteiger partial charge in [0, 0.05) is 16.8 Å². The van der Waals surface area contributed by atoms with E-state index in [2.05, 4.69) is 126 Å². The topological polar surface area (TPSA) is 30.3 Å². The second kappa shape index (κ2) is 9.09. The summed E-state index contributed by atoms with van der Waals surface area (Å²) < 4.78 is 0. The van der Waals surface area contributed by atoms with Crippen LogP contribution >= 0.6 is 0 Å². The van der Waals surface area contributed by atoms with Crippen molar-refractivity contribution in [2.24, 2.45) is 0 Å². The van der Waals surface area contributed by atoms with E-state index in [4.69, 9.17) is 0 Å². The van der Waals surface area contributed by atoms with Crippen LogP contribution in [0.1, 0.15) is 11.1 Å². The number of aryl methyl sites for hydroxylation is 1. The lowest BCUT2D eigenvalue weighted by atomic mass is 9.95. The molecule has 0 saturated carbocycles. The van der Waals surface area contributed by atoms with E-state index in [9.17, 15) is 5.26 Å². The largest absolute Gasteiger partial charge is 0.321 e. The van der Waals surface area contributed by atoms with Gasteiger partial charge in [-0.05, 0) is 47.9 Å². The Hall–Kier alpha value is -4.81. The van der Waals surface area contributed by atoms with Gasteiger partial charge in [0.1, 0.15) is 6.67 Å². The van der Waals surface area contributed by atoms with Crippen LogP contribution in [0.15, 0.2) is 121 Å². The van der Waals surface area contributed by atoms with Gasteiger partial charge in [-0.3, -0.25) is 0 Å². The Morgan fingerprint density at radius 2 is 1.14 bits per heavy atom. The third kappa shape index (κ3) is 3.70. The highest BCUT2D eigenvalue weighted by Gasteiger charge is 2.31. The van der Waals surface area contributed by atoms with Crippen LogP contribution in [0.4, 0.5) is 22.7 Å². The first kappa shape index (κ1) is 21.7. The average Bonchev–Trinajstić information content (AvgIpc) is 3.33. The van der Waals surface area contributed by atoms with Gasteiger partial charge in [-0.15, -0.1) is 0 Å². The summed E-state index contributed by atoms with van der Waals surface area (Å²) >= 11 is 0. The summed E-state index contributed by atoms with van der Waals surface area (Å²) in [7, 11) is 0. The summed E-state index contributed by atoms with van der Waals surface area (Å²) in [6.45, 7) is 2.76. The number of nitriles is 1. The molecule has 36 heavy (non-hydrogen) atoms. The predicted octanol–water partition coefficient (Wildman–Crippen LogP) is 8.45. The normalized spacial score (nSPS) is 12.3. The third-order valence-electron chi connectivity index (χ3n) is 6.85. The number of hydrogen-bond acceptors (Lipinski definition) is 3. The minimum Gasteiger partial charge on any atom is -0.321 e. The smallest absolute Gasteiger partial charge is 0.100 e. The molecule has 0 aliphatic carbocycles. The molecule has 3 nitrogen and oxygen atoms in total. The molecule has 0 bridgehead atoms. The summed E-state index contributed by atoms with van der Waals surface area (Å²) in [4.78, 5) is 4.74. The van der Waals surface area contributed by atoms with Gasteiger partial charge in [0.05, 0.1) is 28.7 Å². The molecule has 6 rings (SSSR count). The molecule has 0 unspecified atom stereocenters. The molecule has 5 aromatic carbocycles. The molecular weight excluding hydrogens is 438 g/mol. The van der Waals surface area contributed by atoms with E-state index in [1.165, 1.54) is 27.9 Å². The fourth-order valence-electron chi connectivity index (χ4n) is 5.12. The molecule has 3 heteroatoms. The number of benzene rings is 5. The molecule has 0 N–H and O–H groups in total. The highest BCUT2D eigenvalue weighted by Crippen LogP contribution is 2.50. The number of nitrogens with zero attached hydrogens (tertiary/aromatic N) is 3. The van der Waals surface area contributed by atoms with Crippen molar-refractivity contribution in [1.82, 2.24) is 0 Å². The quantitative estimate of drug-likeness (QED) is 0.268. The standard InChI is InChI=1S/C33H25N3/c1-24-19-20-25(22-34)21-32(24)35-23-36(31-18-9-8-17-30(31)35)33-28(26-11-4-2-5-12-26)15-10-16-29(33)27-13-6-3-7-14-27/h2-21H,23H2,1H3. The zero-order valence-electron chi connectivity index (χ0n) is 20.1. The van der Waals surface area contributed by atoms with Crippen LogP contribution in [0.25, 0.3) is 22.3 Å². The maximum atomic E-state index is 9.57. The molecule has 0 aromatic heterocycles. The Bertz CT molecular complexity index is 1530. The molecule has 5 aromatic rings.